The molecule has 3 amide bonds. The van der Waals surface area contributed by atoms with E-state index >= 15 is 0 Å². The van der Waals surface area contributed by atoms with Gasteiger partial charge in [-0.05, 0) is 78.0 Å². The molecule has 1 aromatic rings. The summed E-state index contributed by atoms with van der Waals surface area (Å²) < 4.78 is 5.33. The van der Waals surface area contributed by atoms with Crippen LogP contribution < -0.4 is 21.7 Å². The molecule has 5 N–H and O–H groups in total. The summed E-state index contributed by atoms with van der Waals surface area (Å²) >= 11 is 0. The van der Waals surface area contributed by atoms with Crippen LogP contribution in [0.2, 0.25) is 0 Å². The zero-order chi connectivity index (χ0) is 28.4. The zero-order valence-electron chi connectivity index (χ0n) is 23.7. The first-order valence-electron chi connectivity index (χ1n) is 12.9. The predicted molar refractivity (Wildman–Crippen MR) is 146 cm³/mol. The van der Waals surface area contributed by atoms with E-state index in [-0.39, 0.29) is 48.2 Å². The van der Waals surface area contributed by atoms with Crippen molar-refractivity contribution in [3.8, 4) is 0 Å². The quantitative estimate of drug-likeness (QED) is 0.228. The monoisotopic (exact) mass is 518 g/mol. The number of esters is 1. The number of benzene rings is 1. The summed E-state index contributed by atoms with van der Waals surface area (Å²) in [6.45, 7) is 15.8. The number of carbonyl (C=O) groups is 4. The molecule has 0 radical (unpaired) electrons. The summed E-state index contributed by atoms with van der Waals surface area (Å²) in [5.41, 5.74) is 5.68. The van der Waals surface area contributed by atoms with Crippen LogP contribution in [0.3, 0.4) is 0 Å². The van der Waals surface area contributed by atoms with Gasteiger partial charge >= 0.3 is 12.0 Å². The first-order valence-corrected chi connectivity index (χ1v) is 12.9. The zero-order valence-corrected chi connectivity index (χ0v) is 23.7. The maximum atomic E-state index is 13.2. The van der Waals surface area contributed by atoms with Gasteiger partial charge in [-0.25, -0.2) is 4.79 Å². The number of ketones is 1. The van der Waals surface area contributed by atoms with Crippen molar-refractivity contribution in [3.05, 3.63) is 29.8 Å². The van der Waals surface area contributed by atoms with Crippen molar-refractivity contribution in [2.24, 2.45) is 23.0 Å². The molecule has 0 aromatic heterocycles. The number of ether oxygens (including phenoxy) is 1. The Kier molecular flexibility index (Phi) is 12.2. The number of Topliss-reactive ketones (excluding diaryl/α,β-unsaturated/α-hetero) is 1. The van der Waals surface area contributed by atoms with Gasteiger partial charge in [-0.1, -0.05) is 26.0 Å². The number of nitrogens with two attached hydrogens (primary N) is 1. The Hall–Kier alpha value is -2.94. The lowest BCUT2D eigenvalue weighted by Gasteiger charge is -2.31. The van der Waals surface area contributed by atoms with Gasteiger partial charge in [0.1, 0.15) is 6.61 Å². The van der Waals surface area contributed by atoms with Gasteiger partial charge < -0.3 is 26.4 Å². The van der Waals surface area contributed by atoms with Crippen molar-refractivity contribution in [3.63, 3.8) is 0 Å². The Morgan fingerprint density at radius 2 is 1.57 bits per heavy atom. The van der Waals surface area contributed by atoms with E-state index in [1.54, 1.807) is 45.0 Å². The molecular formula is C28H46N4O5. The van der Waals surface area contributed by atoms with E-state index in [1.807, 2.05) is 34.6 Å². The minimum Gasteiger partial charge on any atom is -0.460 e. The molecule has 0 spiro atoms. The maximum absolute atomic E-state index is 13.2. The largest absolute Gasteiger partial charge is 0.460 e. The van der Waals surface area contributed by atoms with Gasteiger partial charge in [0.15, 0.2) is 5.78 Å². The van der Waals surface area contributed by atoms with Crippen molar-refractivity contribution >= 4 is 29.4 Å². The first kappa shape index (κ1) is 32.1. The lowest BCUT2D eigenvalue weighted by Crippen LogP contribution is -2.51. The molecule has 0 aliphatic rings. The predicted octanol–water partition coefficient (Wildman–Crippen LogP) is 4.15. The molecule has 0 fully saturated rings. The van der Waals surface area contributed by atoms with Crippen LogP contribution in [0.5, 0.6) is 0 Å². The maximum Gasteiger partial charge on any atom is 0.312 e. The number of urea groups is 1. The van der Waals surface area contributed by atoms with Crippen LogP contribution in [0, 0.1) is 17.3 Å². The second kappa shape index (κ2) is 14.1. The average Bonchev–Trinajstić information content (AvgIpc) is 2.77. The molecule has 0 saturated heterocycles. The number of carbonyl (C=O) groups excluding carboxylic acids is 4. The normalized spacial score (nSPS) is 13.5. The third-order valence-electron chi connectivity index (χ3n) is 5.65. The third-order valence-corrected chi connectivity index (χ3v) is 5.65. The second-order valence-electron chi connectivity index (χ2n) is 11.9. The minimum atomic E-state index is -0.625. The Morgan fingerprint density at radius 3 is 2.05 bits per heavy atom. The summed E-state index contributed by atoms with van der Waals surface area (Å²) in [4.78, 5) is 49.4. The molecule has 0 aliphatic heterocycles. The van der Waals surface area contributed by atoms with E-state index in [1.165, 1.54) is 0 Å². The van der Waals surface area contributed by atoms with E-state index in [2.05, 4.69) is 16.0 Å². The molecule has 9 heteroatoms. The van der Waals surface area contributed by atoms with Gasteiger partial charge in [-0.3, -0.25) is 14.4 Å². The number of hydrogen-bond acceptors (Lipinski definition) is 6. The van der Waals surface area contributed by atoms with Crippen molar-refractivity contribution in [2.75, 3.05) is 11.9 Å². The molecular weight excluding hydrogens is 472 g/mol. The second-order valence-corrected chi connectivity index (χ2v) is 11.9. The molecule has 2 unspecified atom stereocenters. The van der Waals surface area contributed by atoms with Crippen molar-refractivity contribution in [2.45, 2.75) is 92.8 Å². The van der Waals surface area contributed by atoms with Gasteiger partial charge in [0, 0.05) is 30.1 Å². The molecule has 0 bridgehead atoms. The first-order chi connectivity index (χ1) is 17.0. The molecule has 9 nitrogen and oxygen atoms in total. The SMILES string of the molecule is CC(C)C(NC(C)(C)C)C(=O)CC(CCCNC(N)=O)C(=O)Nc1ccc(COC(=O)C(C)(C)C)cc1. The topological polar surface area (TPSA) is 140 Å². The molecule has 37 heavy (non-hydrogen) atoms. The Balaban J connectivity index is 2.90. The Labute approximate surface area is 221 Å². The molecule has 2 atom stereocenters. The van der Waals surface area contributed by atoms with Crippen molar-refractivity contribution < 1.29 is 23.9 Å². The number of anilines is 1. The molecule has 0 saturated carbocycles. The molecule has 208 valence electrons. The van der Waals surface area contributed by atoms with E-state index in [4.69, 9.17) is 10.5 Å². The van der Waals surface area contributed by atoms with Gasteiger partial charge in [-0.2, -0.15) is 0 Å². The van der Waals surface area contributed by atoms with Crippen molar-refractivity contribution in [1.29, 1.82) is 0 Å². The Bertz CT molecular complexity index is 914. The van der Waals surface area contributed by atoms with Crippen LogP contribution in [0.4, 0.5) is 10.5 Å². The van der Waals surface area contributed by atoms with Gasteiger partial charge in [0.2, 0.25) is 5.91 Å². The average molecular weight is 519 g/mol. The van der Waals surface area contributed by atoms with Crippen LogP contribution in [0.25, 0.3) is 0 Å². The summed E-state index contributed by atoms with van der Waals surface area (Å²) in [5, 5.41) is 8.80. The smallest absolute Gasteiger partial charge is 0.312 e. The summed E-state index contributed by atoms with van der Waals surface area (Å²) in [6, 6.07) is 6.04. The minimum absolute atomic E-state index is 0.0241. The number of primary amides is 1. The summed E-state index contributed by atoms with van der Waals surface area (Å²) in [7, 11) is 0. The molecule has 0 aliphatic carbocycles. The highest BCUT2D eigenvalue weighted by Gasteiger charge is 2.30. The number of nitrogens with one attached hydrogen (secondary N) is 3. The number of hydrogen-bond donors (Lipinski definition) is 4. The van der Waals surface area contributed by atoms with Crippen LogP contribution in [0.15, 0.2) is 24.3 Å². The number of rotatable bonds is 13. The van der Waals surface area contributed by atoms with Crippen molar-refractivity contribution in [1.82, 2.24) is 10.6 Å². The fourth-order valence-electron chi connectivity index (χ4n) is 3.64. The van der Waals surface area contributed by atoms with Crippen LogP contribution >= 0.6 is 0 Å². The lowest BCUT2D eigenvalue weighted by molar-refractivity contribution is -0.154. The van der Waals surface area contributed by atoms with Gasteiger partial charge in [0.05, 0.1) is 11.5 Å². The fourth-order valence-corrected chi connectivity index (χ4v) is 3.64. The van der Waals surface area contributed by atoms with E-state index in [0.29, 0.717) is 25.1 Å². The highest BCUT2D eigenvalue weighted by molar-refractivity contribution is 5.96. The Morgan fingerprint density at radius 1 is 0.973 bits per heavy atom. The highest BCUT2D eigenvalue weighted by Crippen LogP contribution is 2.21. The number of amides is 3. The van der Waals surface area contributed by atoms with E-state index in [9.17, 15) is 19.2 Å². The van der Waals surface area contributed by atoms with Crippen LogP contribution in [0.1, 0.15) is 80.2 Å². The summed E-state index contributed by atoms with van der Waals surface area (Å²) in [5.74, 6) is -1.09. The van der Waals surface area contributed by atoms with Crippen LogP contribution in [-0.4, -0.2) is 41.8 Å². The van der Waals surface area contributed by atoms with Gasteiger partial charge in [-0.15, -0.1) is 0 Å². The third kappa shape index (κ3) is 12.7. The highest BCUT2D eigenvalue weighted by atomic mass is 16.5. The lowest BCUT2D eigenvalue weighted by atomic mass is 9.88. The standard InChI is InChI=1S/C28H46N4O5/c1-18(2)23(32-28(6,7)8)22(33)16-20(10-9-15-30-26(29)36)24(34)31-21-13-11-19(12-14-21)17-37-25(35)27(3,4)5/h11-14,18,20,23,32H,9-10,15-17H2,1-8H3,(H,31,34)(H3,29,30,36). The summed E-state index contributed by atoms with van der Waals surface area (Å²) in [6.07, 6.45) is 1.000. The fraction of sp³-hybridized carbons (Fsp3) is 0.643. The molecule has 1 rings (SSSR count). The molecule has 1 aromatic carbocycles. The van der Waals surface area contributed by atoms with E-state index < -0.39 is 17.4 Å². The van der Waals surface area contributed by atoms with E-state index in [0.717, 1.165) is 5.56 Å². The van der Waals surface area contributed by atoms with Gasteiger partial charge in [0.25, 0.3) is 0 Å². The molecule has 0 heterocycles. The van der Waals surface area contributed by atoms with Crippen LogP contribution in [-0.2, 0) is 25.7 Å².